The van der Waals surface area contributed by atoms with Crippen LogP contribution in [0.15, 0.2) is 182 Å². The van der Waals surface area contributed by atoms with Gasteiger partial charge in [-0.3, -0.25) is 19.6 Å². The van der Waals surface area contributed by atoms with Crippen molar-refractivity contribution in [3.05, 3.63) is 205 Å². The fraction of sp³-hybridized carbons (Fsp3) is 0.143. The molecule has 0 N–H and O–H groups in total. The van der Waals surface area contributed by atoms with E-state index < -0.39 is 0 Å². The van der Waals surface area contributed by atoms with Gasteiger partial charge in [-0.15, -0.1) is 0 Å². The van der Waals surface area contributed by atoms with Crippen LogP contribution in [0.4, 0.5) is 34.1 Å². The lowest BCUT2D eigenvalue weighted by atomic mass is 10.0. The van der Waals surface area contributed by atoms with Gasteiger partial charge in [0.15, 0.2) is 0 Å². The number of carbonyl (C=O) groups excluding carboxylic acids is 2. The van der Waals surface area contributed by atoms with Gasteiger partial charge < -0.3 is 19.3 Å². The molecule has 0 aliphatic rings. The van der Waals surface area contributed by atoms with Crippen LogP contribution in [-0.2, 0) is 31.9 Å². The van der Waals surface area contributed by atoms with Crippen LogP contribution in [-0.4, -0.2) is 36.1 Å². The molecule has 8 nitrogen and oxygen atoms in total. The average Bonchev–Trinajstić information content (AvgIpc) is 3.34. The first kappa shape index (κ1) is 42.8. The second kappa shape index (κ2) is 19.9. The summed E-state index contributed by atoms with van der Waals surface area (Å²) < 4.78 is 9.65. The Hall–Kier alpha value is -7.84. The number of aryl methyl sites for hydroxylation is 4. The number of esters is 2. The minimum atomic E-state index is -0.210. The third-order valence-corrected chi connectivity index (χ3v) is 11.3. The Balaban J connectivity index is 0.964. The number of nitrogens with zero attached hydrogens (tertiary/aromatic N) is 4. The highest BCUT2D eigenvalue weighted by Gasteiger charge is 2.16. The summed E-state index contributed by atoms with van der Waals surface area (Å²) in [5, 5.41) is 0. The smallest absolute Gasteiger partial charge is 0.305 e. The molecule has 0 bridgehead atoms. The summed E-state index contributed by atoms with van der Waals surface area (Å²) in [6.45, 7) is 4.20. The minimum Gasteiger partial charge on any atom is -0.469 e. The molecule has 2 heterocycles. The van der Waals surface area contributed by atoms with E-state index in [9.17, 15) is 9.59 Å². The summed E-state index contributed by atoms with van der Waals surface area (Å²) in [4.78, 5) is 37.5. The lowest BCUT2D eigenvalue weighted by Gasteiger charge is -2.26. The SMILES string of the molecule is COC(=O)CCc1ccc(N(c2ccc(-c3ccc(-c4ccc(-c5ccc(N(c6ccc(CCC(=O)OC)cc6)c6cccc(C)c6)cc5)cn4)nc3)cc2)c2cccc(C)c2)cc1. The molecule has 8 heteroatoms. The van der Waals surface area contributed by atoms with Crippen molar-refractivity contribution in [2.24, 2.45) is 0 Å². The van der Waals surface area contributed by atoms with Crippen LogP contribution in [0.25, 0.3) is 33.6 Å². The molecular weight excluding hydrogens is 793 g/mol. The summed E-state index contributed by atoms with van der Waals surface area (Å²) >= 11 is 0. The molecule has 0 saturated heterocycles. The molecular formula is C56H50N4O4. The van der Waals surface area contributed by atoms with E-state index in [0.29, 0.717) is 25.7 Å². The van der Waals surface area contributed by atoms with Crippen LogP contribution < -0.4 is 9.80 Å². The Labute approximate surface area is 375 Å². The van der Waals surface area contributed by atoms with Crippen molar-refractivity contribution in [1.29, 1.82) is 0 Å². The van der Waals surface area contributed by atoms with E-state index in [1.54, 1.807) is 0 Å². The number of aromatic nitrogens is 2. The number of anilines is 6. The lowest BCUT2D eigenvalue weighted by Crippen LogP contribution is -2.10. The van der Waals surface area contributed by atoms with Gasteiger partial charge in [0.25, 0.3) is 0 Å². The van der Waals surface area contributed by atoms with Crippen molar-refractivity contribution in [2.75, 3.05) is 24.0 Å². The molecule has 0 spiro atoms. The second-order valence-corrected chi connectivity index (χ2v) is 15.8. The number of ether oxygens (including phenoxy) is 2. The van der Waals surface area contributed by atoms with E-state index in [-0.39, 0.29) is 11.9 Å². The predicted molar refractivity (Wildman–Crippen MR) is 258 cm³/mol. The van der Waals surface area contributed by atoms with E-state index in [4.69, 9.17) is 19.4 Å². The fourth-order valence-electron chi connectivity index (χ4n) is 7.79. The third-order valence-electron chi connectivity index (χ3n) is 11.3. The fourth-order valence-corrected chi connectivity index (χ4v) is 7.79. The standard InChI is InChI=1S/C56H50N4O4/c1-39-7-5-9-51(35-39)59(47-23-11-41(12-24-47)15-33-55(61)63-3)49-27-17-43(18-28-49)45-21-31-53(57-37-45)54-32-22-46(38-58-54)44-19-29-50(30-20-44)60(52-10-6-8-40(2)36-52)48-25-13-42(14-26-48)16-34-56(62)64-4/h5-14,17-32,35-38H,15-16,33-34H2,1-4H3. The highest BCUT2D eigenvalue weighted by atomic mass is 16.5. The first-order valence-electron chi connectivity index (χ1n) is 21.4. The molecule has 2 aromatic heterocycles. The molecule has 0 unspecified atom stereocenters. The van der Waals surface area contributed by atoms with Crippen LogP contribution in [0.2, 0.25) is 0 Å². The maximum absolute atomic E-state index is 11.7. The quantitative estimate of drug-likeness (QED) is 0.0944. The van der Waals surface area contributed by atoms with Crippen LogP contribution in [0.5, 0.6) is 0 Å². The van der Waals surface area contributed by atoms with Gasteiger partial charge >= 0.3 is 11.9 Å². The Morgan fingerprint density at radius 2 is 0.766 bits per heavy atom. The zero-order valence-corrected chi connectivity index (χ0v) is 36.6. The Morgan fingerprint density at radius 3 is 1.08 bits per heavy atom. The number of benzene rings is 6. The van der Waals surface area contributed by atoms with Gasteiger partial charge in [-0.25, -0.2) is 0 Å². The zero-order valence-electron chi connectivity index (χ0n) is 36.6. The molecule has 0 radical (unpaired) electrons. The first-order valence-corrected chi connectivity index (χ1v) is 21.4. The van der Waals surface area contributed by atoms with Crippen LogP contribution in [0.1, 0.15) is 35.1 Å². The van der Waals surface area contributed by atoms with Crippen LogP contribution in [0.3, 0.4) is 0 Å². The summed E-state index contributed by atoms with van der Waals surface area (Å²) in [5.41, 5.74) is 16.5. The largest absolute Gasteiger partial charge is 0.469 e. The number of carbonyl (C=O) groups is 2. The summed E-state index contributed by atoms with van der Waals surface area (Å²) in [7, 11) is 2.84. The number of rotatable bonds is 15. The molecule has 0 fully saturated rings. The van der Waals surface area contributed by atoms with E-state index >= 15 is 0 Å². The van der Waals surface area contributed by atoms with Crippen molar-refractivity contribution < 1.29 is 19.1 Å². The van der Waals surface area contributed by atoms with Crippen molar-refractivity contribution in [3.63, 3.8) is 0 Å². The summed E-state index contributed by atoms with van der Waals surface area (Å²) in [5.74, 6) is -0.420. The third kappa shape index (κ3) is 10.3. The van der Waals surface area contributed by atoms with Crippen LogP contribution in [0, 0.1) is 13.8 Å². The van der Waals surface area contributed by atoms with Gasteiger partial charge in [0, 0.05) is 70.5 Å². The summed E-state index contributed by atoms with van der Waals surface area (Å²) in [6.07, 6.45) is 5.77. The predicted octanol–water partition coefficient (Wildman–Crippen LogP) is 13.2. The van der Waals surface area contributed by atoms with Crippen LogP contribution >= 0.6 is 0 Å². The van der Waals surface area contributed by atoms with Gasteiger partial charge in [-0.1, -0.05) is 84.9 Å². The van der Waals surface area contributed by atoms with Gasteiger partial charge in [0.1, 0.15) is 0 Å². The first-order chi connectivity index (χ1) is 31.2. The molecule has 6 aromatic carbocycles. The Bertz CT molecular complexity index is 2630. The number of pyridine rings is 2. The number of methoxy groups -OCH3 is 2. The molecule has 0 aliphatic heterocycles. The monoisotopic (exact) mass is 842 g/mol. The average molecular weight is 843 g/mol. The highest BCUT2D eigenvalue weighted by molar-refractivity contribution is 5.81. The van der Waals surface area contributed by atoms with E-state index in [1.165, 1.54) is 25.3 Å². The van der Waals surface area contributed by atoms with E-state index in [2.05, 4.69) is 181 Å². The maximum Gasteiger partial charge on any atom is 0.305 e. The van der Waals surface area contributed by atoms with Crippen molar-refractivity contribution in [1.82, 2.24) is 9.97 Å². The molecule has 0 aliphatic carbocycles. The number of hydrogen-bond donors (Lipinski definition) is 0. The molecule has 0 amide bonds. The van der Waals surface area contributed by atoms with Crippen molar-refractivity contribution >= 4 is 46.1 Å². The Kier molecular flexibility index (Phi) is 13.3. The molecule has 64 heavy (non-hydrogen) atoms. The van der Waals surface area contributed by atoms with E-state index in [0.717, 1.165) is 78.9 Å². The molecule has 0 atom stereocenters. The minimum absolute atomic E-state index is 0.210. The van der Waals surface area contributed by atoms with Gasteiger partial charge in [0.05, 0.1) is 25.6 Å². The topological polar surface area (TPSA) is 84.9 Å². The van der Waals surface area contributed by atoms with Gasteiger partial charge in [-0.05, 0) is 145 Å². The normalized spacial score (nSPS) is 10.9. The van der Waals surface area contributed by atoms with E-state index in [1.807, 2.05) is 24.5 Å². The second-order valence-electron chi connectivity index (χ2n) is 15.8. The molecule has 8 aromatic rings. The highest BCUT2D eigenvalue weighted by Crippen LogP contribution is 2.38. The Morgan fingerprint density at radius 1 is 0.422 bits per heavy atom. The van der Waals surface area contributed by atoms with Gasteiger partial charge in [-0.2, -0.15) is 0 Å². The van der Waals surface area contributed by atoms with Crippen molar-refractivity contribution in [3.8, 4) is 33.6 Å². The summed E-state index contributed by atoms with van der Waals surface area (Å²) in [6, 6.07) is 58.9. The maximum atomic E-state index is 11.7. The molecule has 0 saturated carbocycles. The van der Waals surface area contributed by atoms with Gasteiger partial charge in [0.2, 0.25) is 0 Å². The van der Waals surface area contributed by atoms with Crippen molar-refractivity contribution in [2.45, 2.75) is 39.5 Å². The lowest BCUT2D eigenvalue weighted by molar-refractivity contribution is -0.141. The number of hydrogen-bond acceptors (Lipinski definition) is 8. The zero-order chi connectivity index (χ0) is 44.4. The molecule has 318 valence electrons. The molecule has 8 rings (SSSR count).